The first kappa shape index (κ1) is 22.2. The van der Waals surface area contributed by atoms with Gasteiger partial charge < -0.3 is 19.7 Å². The first-order valence-corrected chi connectivity index (χ1v) is 9.60. The van der Waals surface area contributed by atoms with Gasteiger partial charge in [-0.2, -0.15) is 0 Å². The van der Waals surface area contributed by atoms with Crippen LogP contribution in [0.5, 0.6) is 23.0 Å². The van der Waals surface area contributed by atoms with Crippen molar-refractivity contribution in [1.82, 2.24) is 0 Å². The zero-order valence-electron chi connectivity index (χ0n) is 17.8. The number of aromatic hydroxyl groups is 2. The molecule has 2 aromatic carbocycles. The molecule has 0 radical (unpaired) electrons. The molecule has 0 bridgehead atoms. The van der Waals surface area contributed by atoms with E-state index in [4.69, 9.17) is 9.47 Å². The van der Waals surface area contributed by atoms with Gasteiger partial charge in [-0.1, -0.05) is 35.4 Å². The second kappa shape index (κ2) is 10.4. The normalized spacial score (nSPS) is 10.7. The van der Waals surface area contributed by atoms with E-state index in [0.29, 0.717) is 24.5 Å². The van der Waals surface area contributed by atoms with E-state index in [1.165, 1.54) is 18.3 Å². The van der Waals surface area contributed by atoms with Crippen molar-refractivity contribution in [3.63, 3.8) is 0 Å². The Balaban J connectivity index is 2.43. The first-order valence-electron chi connectivity index (χ1n) is 9.60. The summed E-state index contributed by atoms with van der Waals surface area (Å²) >= 11 is 0. The lowest BCUT2D eigenvalue weighted by Crippen LogP contribution is -2.00. The largest absolute Gasteiger partial charge is 0.508 e. The van der Waals surface area contributed by atoms with E-state index in [2.05, 4.69) is 19.9 Å². The quantitative estimate of drug-likeness (QED) is 0.418. The number of benzene rings is 2. The highest BCUT2D eigenvalue weighted by atomic mass is 16.5. The summed E-state index contributed by atoms with van der Waals surface area (Å²) in [6.45, 7) is 8.61. The van der Waals surface area contributed by atoms with Crippen LogP contribution in [0.3, 0.4) is 0 Å². The molecule has 0 saturated carbocycles. The maximum Gasteiger partial charge on any atom is 0.161 e. The standard InChI is InChI=1S/C25H30O4/c1-17(2)6-10-22-20(9-7-19-8-11-23(27)25(14-19)28-5)15-21(26)16-24(22)29-13-12-18(3)4/h6-9,11-12,14-16,26-27H,10,13H2,1-5H3/b9-7+. The highest BCUT2D eigenvalue weighted by molar-refractivity contribution is 5.74. The Morgan fingerprint density at radius 2 is 1.62 bits per heavy atom. The molecule has 0 aliphatic heterocycles. The molecule has 0 atom stereocenters. The van der Waals surface area contributed by atoms with E-state index in [1.807, 2.05) is 32.1 Å². The van der Waals surface area contributed by atoms with Gasteiger partial charge in [0.25, 0.3) is 0 Å². The molecule has 0 spiro atoms. The van der Waals surface area contributed by atoms with E-state index >= 15 is 0 Å². The highest BCUT2D eigenvalue weighted by Gasteiger charge is 2.10. The molecule has 0 amide bonds. The number of allylic oxidation sites excluding steroid dienone is 3. The van der Waals surface area contributed by atoms with Crippen molar-refractivity contribution in [3.05, 3.63) is 70.3 Å². The minimum atomic E-state index is 0.0983. The Labute approximate surface area is 173 Å². The van der Waals surface area contributed by atoms with Crippen molar-refractivity contribution < 1.29 is 19.7 Å². The molecule has 0 unspecified atom stereocenters. The second-order valence-electron chi connectivity index (χ2n) is 7.35. The van der Waals surface area contributed by atoms with Crippen LogP contribution in [0.1, 0.15) is 44.4 Å². The third-order valence-electron chi connectivity index (χ3n) is 4.33. The minimum Gasteiger partial charge on any atom is -0.508 e. The highest BCUT2D eigenvalue weighted by Crippen LogP contribution is 2.32. The van der Waals surface area contributed by atoms with Crippen LogP contribution in [0.4, 0.5) is 0 Å². The van der Waals surface area contributed by atoms with Crippen LogP contribution in [-0.2, 0) is 6.42 Å². The molecule has 29 heavy (non-hydrogen) atoms. The molecule has 0 saturated heterocycles. The van der Waals surface area contributed by atoms with Crippen molar-refractivity contribution in [2.45, 2.75) is 34.1 Å². The number of hydrogen-bond donors (Lipinski definition) is 2. The Bertz CT molecular complexity index is 928. The van der Waals surface area contributed by atoms with Crippen LogP contribution < -0.4 is 9.47 Å². The van der Waals surface area contributed by atoms with Crippen molar-refractivity contribution in [2.24, 2.45) is 0 Å². The zero-order chi connectivity index (χ0) is 21.4. The molecular weight excluding hydrogens is 364 g/mol. The topological polar surface area (TPSA) is 58.9 Å². The van der Waals surface area contributed by atoms with Crippen LogP contribution >= 0.6 is 0 Å². The molecule has 0 aliphatic carbocycles. The Kier molecular flexibility index (Phi) is 7.96. The maximum absolute atomic E-state index is 10.2. The number of hydrogen-bond acceptors (Lipinski definition) is 4. The predicted molar refractivity (Wildman–Crippen MR) is 120 cm³/mol. The fourth-order valence-electron chi connectivity index (χ4n) is 2.74. The average Bonchev–Trinajstić information content (AvgIpc) is 2.66. The van der Waals surface area contributed by atoms with Crippen LogP contribution in [0.2, 0.25) is 0 Å². The molecule has 0 fully saturated rings. The van der Waals surface area contributed by atoms with Gasteiger partial charge in [0.2, 0.25) is 0 Å². The lowest BCUT2D eigenvalue weighted by Gasteiger charge is -2.14. The summed E-state index contributed by atoms with van der Waals surface area (Å²) in [5.41, 5.74) is 5.15. The van der Waals surface area contributed by atoms with E-state index < -0.39 is 0 Å². The predicted octanol–water partition coefficient (Wildman–Crippen LogP) is 6.13. The van der Waals surface area contributed by atoms with Gasteiger partial charge in [0.05, 0.1) is 7.11 Å². The van der Waals surface area contributed by atoms with Gasteiger partial charge in [-0.25, -0.2) is 0 Å². The molecule has 4 nitrogen and oxygen atoms in total. The lowest BCUT2D eigenvalue weighted by atomic mass is 10.00. The molecule has 0 heterocycles. The fraction of sp³-hybridized carbons (Fsp3) is 0.280. The summed E-state index contributed by atoms with van der Waals surface area (Å²) < 4.78 is 11.1. The van der Waals surface area contributed by atoms with Crippen LogP contribution in [0, 0.1) is 0 Å². The maximum atomic E-state index is 10.2. The van der Waals surface area contributed by atoms with Crippen LogP contribution in [-0.4, -0.2) is 23.9 Å². The number of phenolic OH excluding ortho intramolecular Hbond substituents is 2. The van der Waals surface area contributed by atoms with Gasteiger partial charge in [-0.05, 0) is 69.5 Å². The molecule has 2 rings (SSSR count). The lowest BCUT2D eigenvalue weighted by molar-refractivity contribution is 0.355. The average molecular weight is 395 g/mol. The molecule has 154 valence electrons. The molecule has 2 N–H and O–H groups in total. The van der Waals surface area contributed by atoms with Gasteiger partial charge in [0, 0.05) is 11.6 Å². The van der Waals surface area contributed by atoms with Gasteiger partial charge >= 0.3 is 0 Å². The van der Waals surface area contributed by atoms with E-state index in [-0.39, 0.29) is 11.5 Å². The van der Waals surface area contributed by atoms with E-state index in [0.717, 1.165) is 16.7 Å². The zero-order valence-corrected chi connectivity index (χ0v) is 17.8. The Hall–Kier alpha value is -3.14. The Morgan fingerprint density at radius 1 is 0.897 bits per heavy atom. The summed E-state index contributed by atoms with van der Waals surface area (Å²) in [4.78, 5) is 0. The molecule has 4 heteroatoms. The number of ether oxygens (including phenoxy) is 2. The van der Waals surface area contributed by atoms with Gasteiger partial charge in [0.15, 0.2) is 11.5 Å². The molecule has 0 aliphatic rings. The smallest absolute Gasteiger partial charge is 0.161 e. The SMILES string of the molecule is COc1cc(/C=C/c2cc(O)cc(OCC=C(C)C)c2CC=C(C)C)ccc1O. The summed E-state index contributed by atoms with van der Waals surface area (Å²) in [7, 11) is 1.52. The van der Waals surface area contributed by atoms with Gasteiger partial charge in [0.1, 0.15) is 18.1 Å². The minimum absolute atomic E-state index is 0.0983. The number of methoxy groups -OCH3 is 1. The fourth-order valence-corrected chi connectivity index (χ4v) is 2.74. The Morgan fingerprint density at radius 3 is 2.28 bits per heavy atom. The van der Waals surface area contributed by atoms with Gasteiger partial charge in [-0.3, -0.25) is 0 Å². The molecule has 0 aromatic heterocycles. The molecule has 2 aromatic rings. The van der Waals surface area contributed by atoms with Crippen molar-refractivity contribution >= 4 is 12.2 Å². The number of phenols is 2. The summed E-state index contributed by atoms with van der Waals surface area (Å²) in [5, 5.41) is 20.0. The summed E-state index contributed by atoms with van der Waals surface area (Å²) in [6.07, 6.45) is 8.70. The third kappa shape index (κ3) is 6.75. The van der Waals surface area contributed by atoms with Gasteiger partial charge in [-0.15, -0.1) is 0 Å². The molecular formula is C25H30O4. The first-order chi connectivity index (χ1) is 13.8. The summed E-state index contributed by atoms with van der Waals surface area (Å²) in [5.74, 6) is 1.34. The van der Waals surface area contributed by atoms with Crippen LogP contribution in [0.15, 0.2) is 53.6 Å². The van der Waals surface area contributed by atoms with Crippen molar-refractivity contribution in [2.75, 3.05) is 13.7 Å². The van der Waals surface area contributed by atoms with E-state index in [9.17, 15) is 10.2 Å². The monoisotopic (exact) mass is 394 g/mol. The van der Waals surface area contributed by atoms with E-state index in [1.54, 1.807) is 30.3 Å². The third-order valence-corrected chi connectivity index (χ3v) is 4.33. The van der Waals surface area contributed by atoms with Crippen LogP contribution in [0.25, 0.3) is 12.2 Å². The van der Waals surface area contributed by atoms with Crippen molar-refractivity contribution in [3.8, 4) is 23.0 Å². The second-order valence-corrected chi connectivity index (χ2v) is 7.35. The summed E-state index contributed by atoms with van der Waals surface area (Å²) in [6, 6.07) is 8.55. The van der Waals surface area contributed by atoms with Crippen molar-refractivity contribution in [1.29, 1.82) is 0 Å². The number of rotatable bonds is 8.